The highest BCUT2D eigenvalue weighted by Crippen LogP contribution is 2.50. The van der Waals surface area contributed by atoms with Crippen molar-refractivity contribution in [1.29, 1.82) is 0 Å². The summed E-state index contributed by atoms with van der Waals surface area (Å²) < 4.78 is 100. The molecule has 0 radical (unpaired) electrons. The third-order valence-corrected chi connectivity index (χ3v) is 7.49. The van der Waals surface area contributed by atoms with Crippen molar-refractivity contribution in [1.82, 2.24) is 10.2 Å². The molecule has 2 fully saturated rings. The van der Waals surface area contributed by atoms with Crippen LogP contribution in [0.3, 0.4) is 0 Å². The predicted molar refractivity (Wildman–Crippen MR) is 122 cm³/mol. The van der Waals surface area contributed by atoms with Gasteiger partial charge in [-0.25, -0.2) is 9.18 Å². The van der Waals surface area contributed by atoms with E-state index in [0.29, 0.717) is 30.5 Å². The van der Waals surface area contributed by atoms with Gasteiger partial charge in [-0.1, -0.05) is 12.1 Å². The number of benzene rings is 2. The van der Waals surface area contributed by atoms with Crippen LogP contribution in [0.1, 0.15) is 54.0 Å². The first-order chi connectivity index (χ1) is 17.7. The molecule has 1 saturated carbocycles. The Morgan fingerprint density at radius 3 is 2.11 bits per heavy atom. The first-order valence-electron chi connectivity index (χ1n) is 12.1. The molecule has 1 aliphatic carbocycles. The Labute approximate surface area is 214 Å². The molecular weight excluding hydrogens is 521 g/mol. The van der Waals surface area contributed by atoms with Crippen LogP contribution in [-0.4, -0.2) is 42.0 Å². The van der Waals surface area contributed by atoms with E-state index in [1.54, 1.807) is 0 Å². The molecule has 38 heavy (non-hydrogen) atoms. The van der Waals surface area contributed by atoms with Gasteiger partial charge >= 0.3 is 18.4 Å². The van der Waals surface area contributed by atoms with Crippen LogP contribution in [0.2, 0.25) is 0 Å². The number of rotatable bonds is 4. The number of aliphatic hydroxyl groups excluding tert-OH is 1. The lowest BCUT2D eigenvalue weighted by molar-refractivity contribution is -0.143. The summed E-state index contributed by atoms with van der Waals surface area (Å²) in [5.41, 5.74) is -2.52. The lowest BCUT2D eigenvalue weighted by Gasteiger charge is -2.41. The Hall–Kier alpha value is -2.86. The molecule has 1 aliphatic heterocycles. The topological polar surface area (TPSA) is 61.8 Å². The molecular formula is C26H27F7N2O3. The number of carbonyl (C=O) groups is 1. The van der Waals surface area contributed by atoms with Gasteiger partial charge in [0.1, 0.15) is 12.0 Å². The van der Waals surface area contributed by atoms with Gasteiger partial charge in [-0.3, -0.25) is 4.90 Å². The molecule has 208 valence electrons. The summed E-state index contributed by atoms with van der Waals surface area (Å²) >= 11 is 0. The maximum Gasteiger partial charge on any atom is 0.416 e. The number of nitrogens with zero attached hydrogens (tertiary/aromatic N) is 1. The van der Waals surface area contributed by atoms with Gasteiger partial charge in [-0.05, 0) is 67.1 Å². The molecule has 1 saturated heterocycles. The molecule has 1 unspecified atom stereocenters. The number of urea groups is 1. The van der Waals surface area contributed by atoms with E-state index in [9.17, 15) is 40.6 Å². The zero-order valence-electron chi connectivity index (χ0n) is 20.5. The fourth-order valence-electron chi connectivity index (χ4n) is 5.68. The van der Waals surface area contributed by atoms with Crippen LogP contribution in [-0.2, 0) is 17.1 Å². The number of fused-ring (bicyclic) bond motifs is 1. The highest BCUT2D eigenvalue weighted by atomic mass is 19.4. The minimum Gasteiger partial charge on any atom is -0.373 e. The molecule has 2 amide bonds. The Bertz CT molecular complexity index is 1120. The molecule has 0 spiro atoms. The highest BCUT2D eigenvalue weighted by Gasteiger charge is 2.51. The minimum absolute atomic E-state index is 0.0655. The van der Waals surface area contributed by atoms with Crippen LogP contribution in [0.25, 0.3) is 0 Å². The molecule has 1 heterocycles. The number of hydrogen-bond acceptors (Lipinski definition) is 3. The largest absolute Gasteiger partial charge is 0.416 e. The van der Waals surface area contributed by atoms with Crippen LogP contribution in [0.4, 0.5) is 35.5 Å². The molecule has 2 aromatic carbocycles. The summed E-state index contributed by atoms with van der Waals surface area (Å²) in [5.74, 6) is -1.68. The Morgan fingerprint density at radius 2 is 1.58 bits per heavy atom. The van der Waals surface area contributed by atoms with E-state index in [1.165, 1.54) is 43.1 Å². The second-order valence-electron chi connectivity index (χ2n) is 9.76. The molecule has 5 nitrogen and oxygen atoms in total. The van der Waals surface area contributed by atoms with Crippen LogP contribution in [0, 0.1) is 17.7 Å². The summed E-state index contributed by atoms with van der Waals surface area (Å²) in [4.78, 5) is 13.6. The predicted octanol–water partition coefficient (Wildman–Crippen LogP) is 6.09. The monoisotopic (exact) mass is 548 g/mol. The van der Waals surface area contributed by atoms with Crippen LogP contribution >= 0.6 is 0 Å². The number of carbonyl (C=O) groups excluding carboxylic acids is 1. The first kappa shape index (κ1) is 28.2. The number of ether oxygens (including phenoxy) is 1. The number of hydrogen-bond donors (Lipinski definition) is 2. The molecule has 0 bridgehead atoms. The van der Waals surface area contributed by atoms with Gasteiger partial charge in [-0.2, -0.15) is 26.3 Å². The molecule has 0 aromatic heterocycles. The van der Waals surface area contributed by atoms with Gasteiger partial charge in [0, 0.05) is 25.4 Å². The molecule has 2 aromatic rings. The van der Waals surface area contributed by atoms with Gasteiger partial charge < -0.3 is 15.2 Å². The van der Waals surface area contributed by atoms with E-state index in [4.69, 9.17) is 4.74 Å². The smallest absolute Gasteiger partial charge is 0.373 e. The maximum atomic E-state index is 13.7. The standard InChI is InChI=1S/C26H27F7N2O3/c1-13(15-9-16(25(28,29)30)11-17(10-15)26(31,32)33)38-21-8-7-19-20(12-35(23(19)36)24(37)34-2)22(21)14-3-5-18(27)6-4-14/h3-6,9-11,13,19-23,36H,7-8,12H2,1-2H3,(H,34,37)/t13-,19+,20-,21+,22+,23?/m1/s1. The van der Waals surface area contributed by atoms with Crippen LogP contribution in [0.5, 0.6) is 0 Å². The fraction of sp³-hybridized carbons (Fsp3) is 0.500. The average Bonchev–Trinajstić information content (AvgIpc) is 3.19. The lowest BCUT2D eigenvalue weighted by Crippen LogP contribution is -2.42. The number of amides is 2. The van der Waals surface area contributed by atoms with Crippen molar-refractivity contribution in [2.45, 2.75) is 56.5 Å². The summed E-state index contributed by atoms with van der Waals surface area (Å²) in [5, 5.41) is 13.3. The minimum atomic E-state index is -4.99. The number of aliphatic hydroxyl groups is 1. The molecule has 2 N–H and O–H groups in total. The molecule has 2 aliphatic rings. The van der Waals surface area contributed by atoms with Gasteiger partial charge in [0.2, 0.25) is 0 Å². The van der Waals surface area contributed by atoms with Crippen molar-refractivity contribution in [2.75, 3.05) is 13.6 Å². The molecule has 12 heteroatoms. The average molecular weight is 548 g/mol. The number of likely N-dealkylation sites (tertiary alicyclic amines) is 1. The van der Waals surface area contributed by atoms with Gasteiger partial charge in [0.15, 0.2) is 0 Å². The van der Waals surface area contributed by atoms with Crippen LogP contribution < -0.4 is 5.32 Å². The van der Waals surface area contributed by atoms with E-state index in [2.05, 4.69) is 5.32 Å². The van der Waals surface area contributed by atoms with Gasteiger partial charge in [0.25, 0.3) is 0 Å². The van der Waals surface area contributed by atoms with Crippen molar-refractivity contribution in [3.05, 3.63) is 70.5 Å². The third kappa shape index (κ3) is 5.61. The zero-order valence-corrected chi connectivity index (χ0v) is 20.5. The molecule has 6 atom stereocenters. The van der Waals surface area contributed by atoms with E-state index in [0.717, 1.165) is 0 Å². The first-order valence-corrected chi connectivity index (χ1v) is 12.1. The third-order valence-electron chi connectivity index (χ3n) is 7.49. The number of halogens is 7. The van der Waals surface area contributed by atoms with Crippen molar-refractivity contribution in [3.8, 4) is 0 Å². The molecule has 4 rings (SSSR count). The summed E-state index contributed by atoms with van der Waals surface area (Å²) in [6.45, 7) is 1.52. The van der Waals surface area contributed by atoms with E-state index >= 15 is 0 Å². The van der Waals surface area contributed by atoms with Crippen molar-refractivity contribution >= 4 is 6.03 Å². The second kappa shape index (κ2) is 10.4. The number of alkyl halides is 6. The summed E-state index contributed by atoms with van der Waals surface area (Å²) in [6.07, 6.45) is -12.2. The quantitative estimate of drug-likeness (QED) is 0.455. The lowest BCUT2D eigenvalue weighted by atomic mass is 9.69. The van der Waals surface area contributed by atoms with Gasteiger partial charge in [-0.15, -0.1) is 0 Å². The highest BCUT2D eigenvalue weighted by molar-refractivity contribution is 5.74. The second-order valence-corrected chi connectivity index (χ2v) is 9.76. The summed E-state index contributed by atoms with van der Waals surface area (Å²) in [6, 6.07) is 6.41. The van der Waals surface area contributed by atoms with Gasteiger partial charge in [0.05, 0.1) is 23.3 Å². The van der Waals surface area contributed by atoms with Crippen molar-refractivity contribution < 1.29 is 45.4 Å². The van der Waals surface area contributed by atoms with E-state index in [1.807, 2.05) is 0 Å². The van der Waals surface area contributed by atoms with Crippen molar-refractivity contribution in [3.63, 3.8) is 0 Å². The SMILES string of the molecule is CNC(=O)N1C[C@H]2[C@H](c3ccc(F)cc3)[C@@H](O[C@H](C)c3cc(C(F)(F)F)cc(C(F)(F)F)c3)CC[C@@H]2C1O. The normalized spacial score (nSPS) is 26.7. The Morgan fingerprint density at radius 1 is 1.00 bits per heavy atom. The Balaban J connectivity index is 1.68. The maximum absolute atomic E-state index is 13.7. The van der Waals surface area contributed by atoms with E-state index < -0.39 is 59.7 Å². The van der Waals surface area contributed by atoms with E-state index in [-0.39, 0.29) is 30.0 Å². The fourth-order valence-corrected chi connectivity index (χ4v) is 5.68. The Kier molecular flexibility index (Phi) is 7.68. The number of nitrogens with one attached hydrogen (secondary N) is 1. The zero-order chi connectivity index (χ0) is 28.0. The van der Waals surface area contributed by atoms with Crippen molar-refractivity contribution in [2.24, 2.45) is 11.8 Å². The summed E-state index contributed by atoms with van der Waals surface area (Å²) in [7, 11) is 1.42. The van der Waals surface area contributed by atoms with Crippen LogP contribution in [0.15, 0.2) is 42.5 Å².